The second-order valence-corrected chi connectivity index (χ2v) is 4.84. The Hall–Kier alpha value is -1.86. The van der Waals surface area contributed by atoms with Crippen LogP contribution in [0.2, 0.25) is 0 Å². The van der Waals surface area contributed by atoms with E-state index < -0.39 is 0 Å². The summed E-state index contributed by atoms with van der Waals surface area (Å²) in [6.07, 6.45) is 8.65. The molecule has 18 heavy (non-hydrogen) atoms. The van der Waals surface area contributed by atoms with Gasteiger partial charge >= 0.3 is 0 Å². The Morgan fingerprint density at radius 1 is 1.50 bits per heavy atom. The molecule has 4 nitrogen and oxygen atoms in total. The molecule has 1 amide bonds. The molecule has 1 fully saturated rings. The minimum absolute atomic E-state index is 0.136. The maximum atomic E-state index is 12.1. The Morgan fingerprint density at radius 3 is 2.78 bits per heavy atom. The summed E-state index contributed by atoms with van der Waals surface area (Å²) in [5, 5.41) is 6.33. The lowest BCUT2D eigenvalue weighted by Crippen LogP contribution is -2.52. The third kappa shape index (κ3) is 2.88. The molecule has 1 aliphatic rings. The quantitative estimate of drug-likeness (QED) is 0.760. The van der Waals surface area contributed by atoms with Crippen molar-refractivity contribution in [3.05, 3.63) is 29.6 Å². The number of piperidine rings is 1. The SMILES string of the molecule is C#Cc1ccc(C(=O)NC2(C)CCNCC2)nc1. The van der Waals surface area contributed by atoms with E-state index in [2.05, 4.69) is 28.5 Å². The summed E-state index contributed by atoms with van der Waals surface area (Å²) in [6.45, 7) is 3.93. The lowest BCUT2D eigenvalue weighted by atomic mass is 9.90. The Labute approximate surface area is 107 Å². The number of rotatable bonds is 2. The lowest BCUT2D eigenvalue weighted by Gasteiger charge is -2.34. The number of hydrogen-bond acceptors (Lipinski definition) is 3. The average Bonchev–Trinajstić information content (AvgIpc) is 2.39. The first-order valence-electron chi connectivity index (χ1n) is 6.09. The predicted octanol–water partition coefficient (Wildman–Crippen LogP) is 0.935. The van der Waals surface area contributed by atoms with Gasteiger partial charge in [0.05, 0.1) is 0 Å². The summed E-state index contributed by atoms with van der Waals surface area (Å²) in [5.41, 5.74) is 0.947. The van der Waals surface area contributed by atoms with Gasteiger partial charge in [-0.15, -0.1) is 6.42 Å². The summed E-state index contributed by atoms with van der Waals surface area (Å²) in [7, 11) is 0. The van der Waals surface area contributed by atoms with Gasteiger partial charge in [-0.3, -0.25) is 4.79 Å². The standard InChI is InChI=1S/C14H17N3O/c1-3-11-4-5-12(16-10-11)13(18)17-14(2)6-8-15-9-7-14/h1,4-5,10,15H,6-9H2,2H3,(H,17,18). The van der Waals surface area contributed by atoms with Gasteiger partial charge in [0.15, 0.2) is 0 Å². The number of amides is 1. The molecule has 2 heterocycles. The van der Waals surface area contributed by atoms with Crippen LogP contribution < -0.4 is 10.6 Å². The second-order valence-electron chi connectivity index (χ2n) is 4.84. The van der Waals surface area contributed by atoms with Crippen LogP contribution in [-0.2, 0) is 0 Å². The van der Waals surface area contributed by atoms with Crippen LogP contribution in [0.25, 0.3) is 0 Å². The van der Waals surface area contributed by atoms with Gasteiger partial charge in [0, 0.05) is 17.3 Å². The molecule has 1 aromatic heterocycles. The average molecular weight is 243 g/mol. The highest BCUT2D eigenvalue weighted by atomic mass is 16.2. The molecule has 4 heteroatoms. The Kier molecular flexibility index (Phi) is 3.63. The fraction of sp³-hybridized carbons (Fsp3) is 0.429. The molecule has 0 atom stereocenters. The topological polar surface area (TPSA) is 54.0 Å². The van der Waals surface area contributed by atoms with E-state index in [1.54, 1.807) is 18.3 Å². The van der Waals surface area contributed by atoms with Gasteiger partial charge in [0.25, 0.3) is 5.91 Å². The third-order valence-electron chi connectivity index (χ3n) is 3.29. The molecule has 0 radical (unpaired) electrons. The summed E-state index contributed by atoms with van der Waals surface area (Å²) in [5.74, 6) is 2.34. The number of hydrogen-bond donors (Lipinski definition) is 2. The minimum atomic E-state index is -0.144. The van der Waals surface area contributed by atoms with Crippen LogP contribution in [-0.4, -0.2) is 29.5 Å². The van der Waals surface area contributed by atoms with Crippen molar-refractivity contribution in [2.45, 2.75) is 25.3 Å². The highest BCUT2D eigenvalue weighted by molar-refractivity contribution is 5.92. The van der Waals surface area contributed by atoms with E-state index in [-0.39, 0.29) is 11.4 Å². The van der Waals surface area contributed by atoms with Crippen LogP contribution in [0, 0.1) is 12.3 Å². The van der Waals surface area contributed by atoms with Crippen LogP contribution in [0.5, 0.6) is 0 Å². The number of carbonyl (C=O) groups is 1. The molecule has 0 spiro atoms. The molecule has 2 N–H and O–H groups in total. The first kappa shape index (κ1) is 12.6. The van der Waals surface area contributed by atoms with Crippen LogP contribution in [0.3, 0.4) is 0 Å². The van der Waals surface area contributed by atoms with Crippen molar-refractivity contribution in [2.24, 2.45) is 0 Å². The number of pyridine rings is 1. The Balaban J connectivity index is 2.04. The van der Waals surface area contributed by atoms with Gasteiger partial charge < -0.3 is 10.6 Å². The zero-order valence-corrected chi connectivity index (χ0v) is 10.5. The predicted molar refractivity (Wildman–Crippen MR) is 70.1 cm³/mol. The lowest BCUT2D eigenvalue weighted by molar-refractivity contribution is 0.0882. The van der Waals surface area contributed by atoms with Gasteiger partial charge in [-0.2, -0.15) is 0 Å². The van der Waals surface area contributed by atoms with Gasteiger partial charge in [-0.1, -0.05) is 5.92 Å². The normalized spacial score (nSPS) is 17.8. The van der Waals surface area contributed by atoms with Gasteiger partial charge in [0.1, 0.15) is 5.69 Å². The third-order valence-corrected chi connectivity index (χ3v) is 3.29. The fourth-order valence-electron chi connectivity index (χ4n) is 2.06. The van der Waals surface area contributed by atoms with Gasteiger partial charge in [-0.25, -0.2) is 4.98 Å². The molecule has 0 saturated carbocycles. The molecular formula is C14H17N3O. The summed E-state index contributed by atoms with van der Waals surface area (Å²) in [6, 6.07) is 3.39. The highest BCUT2D eigenvalue weighted by Gasteiger charge is 2.28. The van der Waals surface area contributed by atoms with E-state index in [1.165, 1.54) is 0 Å². The van der Waals surface area contributed by atoms with Crippen molar-refractivity contribution in [1.82, 2.24) is 15.6 Å². The van der Waals surface area contributed by atoms with Crippen LogP contribution in [0.4, 0.5) is 0 Å². The number of terminal acetylenes is 1. The molecule has 0 aliphatic carbocycles. The zero-order chi connectivity index (χ0) is 13.0. The largest absolute Gasteiger partial charge is 0.345 e. The van der Waals surface area contributed by atoms with Crippen molar-refractivity contribution in [3.63, 3.8) is 0 Å². The van der Waals surface area contributed by atoms with Gasteiger partial charge in [0.2, 0.25) is 0 Å². The number of carbonyl (C=O) groups excluding carboxylic acids is 1. The van der Waals surface area contributed by atoms with Crippen molar-refractivity contribution in [2.75, 3.05) is 13.1 Å². The van der Waals surface area contributed by atoms with Crippen LogP contribution in [0.1, 0.15) is 35.8 Å². The van der Waals surface area contributed by atoms with E-state index in [0.717, 1.165) is 25.9 Å². The summed E-state index contributed by atoms with van der Waals surface area (Å²) >= 11 is 0. The minimum Gasteiger partial charge on any atom is -0.345 e. The first-order chi connectivity index (χ1) is 8.63. The molecule has 1 saturated heterocycles. The summed E-state index contributed by atoms with van der Waals surface area (Å²) in [4.78, 5) is 16.1. The Morgan fingerprint density at radius 2 is 2.22 bits per heavy atom. The molecular weight excluding hydrogens is 226 g/mol. The molecule has 0 bridgehead atoms. The van der Waals surface area contributed by atoms with Gasteiger partial charge in [-0.05, 0) is 45.0 Å². The second kappa shape index (κ2) is 5.19. The first-order valence-corrected chi connectivity index (χ1v) is 6.09. The monoisotopic (exact) mass is 243 g/mol. The Bertz CT molecular complexity index is 467. The maximum Gasteiger partial charge on any atom is 0.270 e. The summed E-state index contributed by atoms with van der Waals surface area (Å²) < 4.78 is 0. The van der Waals surface area contributed by atoms with Crippen molar-refractivity contribution in [1.29, 1.82) is 0 Å². The van der Waals surface area contributed by atoms with Crippen LogP contribution in [0.15, 0.2) is 18.3 Å². The molecule has 2 rings (SSSR count). The molecule has 1 aliphatic heterocycles. The van der Waals surface area contributed by atoms with E-state index in [1.807, 2.05) is 0 Å². The molecule has 1 aromatic rings. The fourth-order valence-corrected chi connectivity index (χ4v) is 2.06. The van der Waals surface area contributed by atoms with E-state index in [9.17, 15) is 4.79 Å². The molecule has 94 valence electrons. The van der Waals surface area contributed by atoms with E-state index in [0.29, 0.717) is 11.3 Å². The zero-order valence-electron chi connectivity index (χ0n) is 10.5. The van der Waals surface area contributed by atoms with Crippen molar-refractivity contribution >= 4 is 5.91 Å². The molecule has 0 aromatic carbocycles. The molecule has 0 unspecified atom stereocenters. The van der Waals surface area contributed by atoms with Crippen molar-refractivity contribution in [3.8, 4) is 12.3 Å². The maximum absolute atomic E-state index is 12.1. The number of nitrogens with zero attached hydrogens (tertiary/aromatic N) is 1. The van der Waals surface area contributed by atoms with Crippen molar-refractivity contribution < 1.29 is 4.79 Å². The smallest absolute Gasteiger partial charge is 0.270 e. The highest BCUT2D eigenvalue weighted by Crippen LogP contribution is 2.17. The van der Waals surface area contributed by atoms with E-state index in [4.69, 9.17) is 6.42 Å². The number of nitrogens with one attached hydrogen (secondary N) is 2. The van der Waals surface area contributed by atoms with E-state index >= 15 is 0 Å². The number of aromatic nitrogens is 1. The van der Waals surface area contributed by atoms with Crippen LogP contribution >= 0.6 is 0 Å².